The third-order valence-corrected chi connectivity index (χ3v) is 7.92. The largest absolute Gasteiger partial charge is 0.458 e. The topological polar surface area (TPSA) is 9.23 Å². The summed E-state index contributed by atoms with van der Waals surface area (Å²) in [7, 11) is -2.13. The second-order valence-electron chi connectivity index (χ2n) is 5.99. The van der Waals surface area contributed by atoms with Crippen LogP contribution in [0, 0.1) is 5.41 Å². The van der Waals surface area contributed by atoms with Crippen LogP contribution >= 0.6 is 0 Å². The molecule has 0 aromatic rings. The minimum Gasteiger partial charge on any atom is -0.458 e. The fraction of sp³-hybridized carbons (Fsp3) is 1.00. The molecule has 0 unspecified atom stereocenters. The van der Waals surface area contributed by atoms with E-state index >= 15 is 0 Å². The molecule has 0 aromatic heterocycles. The average Bonchev–Trinajstić information content (AvgIpc) is 1.79. The van der Waals surface area contributed by atoms with Crippen LogP contribution < -0.4 is 0 Å². The van der Waals surface area contributed by atoms with Crippen molar-refractivity contribution in [3.05, 3.63) is 0 Å². The Morgan fingerprint density at radius 3 is 1.92 bits per heavy atom. The van der Waals surface area contributed by atoms with Gasteiger partial charge in [-0.25, -0.2) is 0 Å². The molecular formula is C10H26OSi2. The van der Waals surface area contributed by atoms with Gasteiger partial charge in [0.15, 0.2) is 17.4 Å². The van der Waals surface area contributed by atoms with Crippen molar-refractivity contribution >= 4 is 17.4 Å². The molecule has 0 amide bonds. The second-order valence-corrected chi connectivity index (χ2v) is 13.0. The fourth-order valence-corrected chi connectivity index (χ4v) is 8.30. The van der Waals surface area contributed by atoms with E-state index in [2.05, 4.69) is 47.0 Å². The van der Waals surface area contributed by atoms with Gasteiger partial charge in [-0.15, -0.1) is 0 Å². The van der Waals surface area contributed by atoms with Crippen molar-refractivity contribution in [2.45, 2.75) is 59.4 Å². The first-order chi connectivity index (χ1) is 5.62. The van der Waals surface area contributed by atoms with Crippen molar-refractivity contribution < 1.29 is 4.12 Å². The molecule has 0 aliphatic carbocycles. The SMILES string of the molecule is C[SiH](C)O[Si](C)(C)CCC(C)(C)C. The lowest BCUT2D eigenvalue weighted by Gasteiger charge is -2.29. The smallest absolute Gasteiger partial charge is 0.173 e. The standard InChI is InChI=1S/C10H26OSi2/c1-10(2,3)8-9-13(6,7)11-12(4)5/h12H,8-9H2,1-7H3. The maximum atomic E-state index is 6.11. The van der Waals surface area contributed by atoms with E-state index in [4.69, 9.17) is 4.12 Å². The molecule has 0 heterocycles. The Balaban J connectivity index is 3.89. The summed E-state index contributed by atoms with van der Waals surface area (Å²) in [4.78, 5) is 0. The third-order valence-electron chi connectivity index (χ3n) is 2.03. The number of rotatable bonds is 4. The van der Waals surface area contributed by atoms with E-state index in [1.807, 2.05) is 0 Å². The van der Waals surface area contributed by atoms with Gasteiger partial charge in [0.1, 0.15) is 0 Å². The van der Waals surface area contributed by atoms with E-state index in [1.54, 1.807) is 0 Å². The molecule has 0 bridgehead atoms. The van der Waals surface area contributed by atoms with E-state index in [9.17, 15) is 0 Å². The Bertz CT molecular complexity index is 147. The minimum atomic E-state index is -1.31. The monoisotopic (exact) mass is 218 g/mol. The van der Waals surface area contributed by atoms with Crippen LogP contribution in [-0.2, 0) is 4.12 Å². The molecule has 3 heteroatoms. The lowest BCUT2D eigenvalue weighted by Crippen LogP contribution is -2.36. The molecule has 0 N–H and O–H groups in total. The summed E-state index contributed by atoms with van der Waals surface area (Å²) in [5.41, 5.74) is 0.464. The molecule has 0 aromatic carbocycles. The maximum absolute atomic E-state index is 6.11. The molecule has 0 fully saturated rings. The van der Waals surface area contributed by atoms with Crippen LogP contribution in [0.3, 0.4) is 0 Å². The highest BCUT2D eigenvalue weighted by Gasteiger charge is 2.25. The highest BCUT2D eigenvalue weighted by atomic mass is 28.4. The first kappa shape index (κ1) is 13.4. The van der Waals surface area contributed by atoms with Crippen LogP contribution in [0.25, 0.3) is 0 Å². The summed E-state index contributed by atoms with van der Waals surface area (Å²) in [6, 6.07) is 1.31. The van der Waals surface area contributed by atoms with Gasteiger partial charge in [-0.1, -0.05) is 20.8 Å². The van der Waals surface area contributed by atoms with Crippen molar-refractivity contribution in [1.82, 2.24) is 0 Å². The summed E-state index contributed by atoms with van der Waals surface area (Å²) in [6.07, 6.45) is 1.30. The first-order valence-corrected chi connectivity index (χ1v) is 11.2. The van der Waals surface area contributed by atoms with Crippen LogP contribution in [0.2, 0.25) is 32.2 Å². The lowest BCUT2D eigenvalue weighted by molar-refractivity contribution is 0.387. The first-order valence-electron chi connectivity index (χ1n) is 5.30. The normalized spacial score (nSPS) is 13.8. The van der Waals surface area contributed by atoms with Crippen molar-refractivity contribution in [2.75, 3.05) is 0 Å². The van der Waals surface area contributed by atoms with Crippen molar-refractivity contribution in [3.8, 4) is 0 Å². The van der Waals surface area contributed by atoms with Crippen LogP contribution in [-0.4, -0.2) is 17.4 Å². The van der Waals surface area contributed by atoms with Gasteiger partial charge < -0.3 is 4.12 Å². The molecule has 0 radical (unpaired) electrons. The maximum Gasteiger partial charge on any atom is 0.173 e. The highest BCUT2D eigenvalue weighted by molar-refractivity contribution is 6.77. The van der Waals surface area contributed by atoms with Crippen molar-refractivity contribution in [1.29, 1.82) is 0 Å². The van der Waals surface area contributed by atoms with E-state index < -0.39 is 17.4 Å². The Morgan fingerprint density at radius 1 is 1.15 bits per heavy atom. The second kappa shape index (κ2) is 4.76. The molecule has 80 valence electrons. The quantitative estimate of drug-likeness (QED) is 0.655. The minimum absolute atomic E-state index is 0.464. The molecule has 0 aliphatic heterocycles. The van der Waals surface area contributed by atoms with Crippen molar-refractivity contribution in [2.24, 2.45) is 5.41 Å². The van der Waals surface area contributed by atoms with E-state index in [0.717, 1.165) is 0 Å². The van der Waals surface area contributed by atoms with Crippen LogP contribution in [0.4, 0.5) is 0 Å². The molecular weight excluding hydrogens is 192 g/mol. The van der Waals surface area contributed by atoms with Crippen LogP contribution in [0.1, 0.15) is 27.2 Å². The Morgan fingerprint density at radius 2 is 1.62 bits per heavy atom. The summed E-state index contributed by atoms with van der Waals surface area (Å²) in [5.74, 6) is 0. The van der Waals surface area contributed by atoms with Crippen LogP contribution in [0.5, 0.6) is 0 Å². The Hall–Kier alpha value is 0.394. The summed E-state index contributed by atoms with van der Waals surface area (Å²) in [6.45, 7) is 16.2. The van der Waals surface area contributed by atoms with E-state index in [-0.39, 0.29) is 0 Å². The van der Waals surface area contributed by atoms with E-state index in [1.165, 1.54) is 12.5 Å². The van der Waals surface area contributed by atoms with Gasteiger partial charge in [0, 0.05) is 0 Å². The third kappa shape index (κ3) is 8.72. The summed E-state index contributed by atoms with van der Waals surface area (Å²) in [5, 5.41) is 0. The summed E-state index contributed by atoms with van der Waals surface area (Å²) < 4.78 is 6.11. The molecule has 0 atom stereocenters. The van der Waals surface area contributed by atoms with Crippen LogP contribution in [0.15, 0.2) is 0 Å². The predicted molar refractivity (Wildman–Crippen MR) is 66.3 cm³/mol. The number of hydrogen-bond donors (Lipinski definition) is 0. The average molecular weight is 218 g/mol. The van der Waals surface area contributed by atoms with Gasteiger partial charge in [-0.05, 0) is 44.1 Å². The molecule has 0 aliphatic rings. The summed E-state index contributed by atoms with van der Waals surface area (Å²) >= 11 is 0. The van der Waals surface area contributed by atoms with Gasteiger partial charge >= 0.3 is 0 Å². The zero-order valence-corrected chi connectivity index (χ0v) is 12.6. The van der Waals surface area contributed by atoms with E-state index in [0.29, 0.717) is 5.41 Å². The Kier molecular flexibility index (Phi) is 4.90. The molecule has 1 nitrogen and oxygen atoms in total. The van der Waals surface area contributed by atoms with Gasteiger partial charge in [0.05, 0.1) is 0 Å². The van der Waals surface area contributed by atoms with Gasteiger partial charge in [-0.3, -0.25) is 0 Å². The molecule has 0 spiro atoms. The molecule has 0 saturated carbocycles. The highest BCUT2D eigenvalue weighted by Crippen LogP contribution is 2.26. The van der Waals surface area contributed by atoms with Gasteiger partial charge in [0.25, 0.3) is 0 Å². The zero-order chi connectivity index (χ0) is 10.7. The molecule has 0 saturated heterocycles. The van der Waals surface area contributed by atoms with Gasteiger partial charge in [0.2, 0.25) is 0 Å². The predicted octanol–water partition coefficient (Wildman–Crippen LogP) is 3.63. The molecule has 0 rings (SSSR count). The lowest BCUT2D eigenvalue weighted by atomic mass is 9.94. The Labute approximate surface area is 86.7 Å². The van der Waals surface area contributed by atoms with Crippen molar-refractivity contribution in [3.63, 3.8) is 0 Å². The molecule has 13 heavy (non-hydrogen) atoms. The fourth-order valence-electron chi connectivity index (χ4n) is 1.37. The number of hydrogen-bond acceptors (Lipinski definition) is 1. The zero-order valence-electron chi connectivity index (χ0n) is 10.4. The van der Waals surface area contributed by atoms with Gasteiger partial charge in [-0.2, -0.15) is 0 Å².